The van der Waals surface area contributed by atoms with E-state index in [4.69, 9.17) is 14.2 Å². The second-order valence-corrected chi connectivity index (χ2v) is 4.37. The van der Waals surface area contributed by atoms with Crippen LogP contribution in [0.2, 0.25) is 0 Å². The van der Waals surface area contributed by atoms with Gasteiger partial charge in [0, 0.05) is 0 Å². The van der Waals surface area contributed by atoms with Gasteiger partial charge in [-0.25, -0.2) is 0 Å². The molecule has 2 rings (SSSR count). The maximum atomic E-state index is 5.70. The fourth-order valence-electron chi connectivity index (χ4n) is 1.96. The highest BCUT2D eigenvalue weighted by Gasteiger charge is 2.24. The Morgan fingerprint density at radius 1 is 1.21 bits per heavy atom. The third-order valence-electron chi connectivity index (χ3n) is 2.92. The van der Waals surface area contributed by atoms with Crippen molar-refractivity contribution in [3.05, 3.63) is 60.7 Å². The van der Waals surface area contributed by atoms with Crippen molar-refractivity contribution in [3.63, 3.8) is 0 Å². The monoisotopic (exact) mass is 260 g/mol. The van der Waals surface area contributed by atoms with Gasteiger partial charge in [0.25, 0.3) is 0 Å². The summed E-state index contributed by atoms with van der Waals surface area (Å²) in [4.78, 5) is 0. The van der Waals surface area contributed by atoms with Gasteiger partial charge in [-0.1, -0.05) is 55.1 Å². The third kappa shape index (κ3) is 4.63. The summed E-state index contributed by atoms with van der Waals surface area (Å²) < 4.78 is 17.1. The molecular weight excluding hydrogens is 240 g/mol. The Hall–Kier alpha value is -1.42. The fourth-order valence-corrected chi connectivity index (χ4v) is 1.96. The molecule has 102 valence electrons. The maximum absolute atomic E-state index is 5.70. The molecule has 0 unspecified atom stereocenters. The van der Waals surface area contributed by atoms with Crippen LogP contribution in [0.15, 0.2) is 55.1 Å². The first-order valence-corrected chi connectivity index (χ1v) is 6.54. The fraction of sp³-hybridized carbons (Fsp3) is 0.375. The number of benzene rings is 1. The summed E-state index contributed by atoms with van der Waals surface area (Å²) in [5.74, 6) is 0. The van der Waals surface area contributed by atoms with Crippen LogP contribution >= 0.6 is 0 Å². The summed E-state index contributed by atoms with van der Waals surface area (Å²) in [6.07, 6.45) is 5.47. The van der Waals surface area contributed by atoms with E-state index in [2.05, 4.69) is 6.58 Å². The lowest BCUT2D eigenvalue weighted by atomic mass is 10.1. The number of hydrogen-bond acceptors (Lipinski definition) is 3. The van der Waals surface area contributed by atoms with E-state index in [0.717, 1.165) is 5.56 Å². The molecule has 1 aliphatic rings. The van der Waals surface area contributed by atoms with Gasteiger partial charge in [-0.15, -0.1) is 0 Å². The van der Waals surface area contributed by atoms with Gasteiger partial charge < -0.3 is 14.2 Å². The summed E-state index contributed by atoms with van der Waals surface area (Å²) in [6, 6.07) is 10.1. The molecule has 0 spiro atoms. The average Bonchev–Trinajstić information content (AvgIpc) is 2.47. The highest BCUT2D eigenvalue weighted by atomic mass is 16.6. The van der Waals surface area contributed by atoms with Crippen molar-refractivity contribution in [1.29, 1.82) is 0 Å². The van der Waals surface area contributed by atoms with E-state index in [1.54, 1.807) is 6.08 Å². The van der Waals surface area contributed by atoms with Gasteiger partial charge >= 0.3 is 0 Å². The predicted octanol–water partition coefficient (Wildman–Crippen LogP) is 2.73. The average molecular weight is 260 g/mol. The molecule has 0 radical (unpaired) electrons. The second-order valence-electron chi connectivity index (χ2n) is 4.37. The summed E-state index contributed by atoms with van der Waals surface area (Å²) in [7, 11) is 0. The van der Waals surface area contributed by atoms with Crippen molar-refractivity contribution in [1.82, 2.24) is 0 Å². The minimum Gasteiger partial charge on any atom is -0.374 e. The van der Waals surface area contributed by atoms with Crippen LogP contribution in [0.3, 0.4) is 0 Å². The first kappa shape index (κ1) is 14.0. The van der Waals surface area contributed by atoms with Gasteiger partial charge in [-0.2, -0.15) is 0 Å². The number of hydrogen-bond donors (Lipinski definition) is 0. The summed E-state index contributed by atoms with van der Waals surface area (Å²) in [5, 5.41) is 0. The van der Waals surface area contributed by atoms with Crippen LogP contribution in [-0.2, 0) is 20.8 Å². The van der Waals surface area contributed by atoms with Gasteiger partial charge in [-0.3, -0.25) is 0 Å². The number of rotatable bonds is 6. The van der Waals surface area contributed by atoms with Crippen molar-refractivity contribution in [2.24, 2.45) is 0 Å². The Labute approximate surface area is 114 Å². The van der Waals surface area contributed by atoms with E-state index in [1.807, 2.05) is 42.5 Å². The molecule has 2 atom stereocenters. The zero-order valence-corrected chi connectivity index (χ0v) is 11.0. The van der Waals surface area contributed by atoms with E-state index in [1.165, 1.54) is 0 Å². The molecule has 0 saturated carbocycles. The summed E-state index contributed by atoms with van der Waals surface area (Å²) in [5.41, 5.74) is 1.16. The molecule has 1 heterocycles. The number of ether oxygens (including phenoxy) is 3. The van der Waals surface area contributed by atoms with E-state index in [0.29, 0.717) is 26.4 Å². The van der Waals surface area contributed by atoms with Crippen LogP contribution in [0.25, 0.3) is 0 Å². The van der Waals surface area contributed by atoms with E-state index in [9.17, 15) is 0 Å². The van der Waals surface area contributed by atoms with Crippen molar-refractivity contribution in [3.8, 4) is 0 Å². The van der Waals surface area contributed by atoms with Crippen LogP contribution in [0.1, 0.15) is 5.56 Å². The van der Waals surface area contributed by atoms with Crippen LogP contribution in [0, 0.1) is 0 Å². The Bertz CT molecular complexity index is 400. The standard InChI is InChI=1S/C16H20O3/c1-2-3-9-15-16(19-11-10-18-15)13-17-12-14-7-5-4-6-8-14/h2-9,15-16H,1,10-13H2/b9-3+/t15-,16-/m1/s1. The Balaban J connectivity index is 1.79. The maximum Gasteiger partial charge on any atom is 0.111 e. The third-order valence-corrected chi connectivity index (χ3v) is 2.92. The molecule has 19 heavy (non-hydrogen) atoms. The molecule has 0 amide bonds. The van der Waals surface area contributed by atoms with Crippen LogP contribution in [-0.4, -0.2) is 32.0 Å². The molecule has 0 aromatic heterocycles. The molecule has 1 fully saturated rings. The van der Waals surface area contributed by atoms with E-state index in [-0.39, 0.29) is 12.2 Å². The lowest BCUT2D eigenvalue weighted by molar-refractivity contribution is -0.145. The van der Waals surface area contributed by atoms with Crippen LogP contribution in [0.4, 0.5) is 0 Å². The predicted molar refractivity (Wildman–Crippen MR) is 74.9 cm³/mol. The number of allylic oxidation sites excluding steroid dienone is 2. The Morgan fingerprint density at radius 2 is 2.00 bits per heavy atom. The van der Waals surface area contributed by atoms with E-state index < -0.39 is 0 Å². The molecule has 3 heteroatoms. The van der Waals surface area contributed by atoms with Gasteiger partial charge in [0.1, 0.15) is 12.2 Å². The smallest absolute Gasteiger partial charge is 0.111 e. The van der Waals surface area contributed by atoms with Gasteiger partial charge in [0.05, 0.1) is 26.4 Å². The topological polar surface area (TPSA) is 27.7 Å². The SMILES string of the molecule is C=C/C=C/[C@H]1OCCO[C@@H]1COCc1ccccc1. The Kier molecular flexibility index (Phi) is 5.82. The molecular formula is C16H20O3. The zero-order valence-electron chi connectivity index (χ0n) is 11.0. The lowest BCUT2D eigenvalue weighted by Crippen LogP contribution is -2.40. The largest absolute Gasteiger partial charge is 0.374 e. The first-order valence-electron chi connectivity index (χ1n) is 6.54. The first-order chi connectivity index (χ1) is 9.40. The normalized spacial score (nSPS) is 23.6. The molecule has 1 saturated heterocycles. The van der Waals surface area contributed by atoms with Crippen molar-refractivity contribution >= 4 is 0 Å². The van der Waals surface area contributed by atoms with Crippen molar-refractivity contribution in [2.75, 3.05) is 19.8 Å². The molecule has 1 aliphatic heterocycles. The second kappa shape index (κ2) is 7.89. The van der Waals surface area contributed by atoms with Crippen LogP contribution in [0.5, 0.6) is 0 Å². The minimum atomic E-state index is -0.0532. The van der Waals surface area contributed by atoms with Gasteiger partial charge in [-0.05, 0) is 5.56 Å². The Morgan fingerprint density at radius 3 is 2.79 bits per heavy atom. The molecule has 0 bridgehead atoms. The minimum absolute atomic E-state index is 0.0475. The van der Waals surface area contributed by atoms with E-state index >= 15 is 0 Å². The van der Waals surface area contributed by atoms with Gasteiger partial charge in [0.15, 0.2) is 0 Å². The zero-order chi connectivity index (χ0) is 13.3. The molecule has 0 N–H and O–H groups in total. The van der Waals surface area contributed by atoms with Crippen molar-refractivity contribution in [2.45, 2.75) is 18.8 Å². The van der Waals surface area contributed by atoms with Crippen molar-refractivity contribution < 1.29 is 14.2 Å². The summed E-state index contributed by atoms with van der Waals surface area (Å²) in [6.45, 7) is 6.03. The lowest BCUT2D eigenvalue weighted by Gasteiger charge is -2.29. The van der Waals surface area contributed by atoms with Gasteiger partial charge in [0.2, 0.25) is 0 Å². The van der Waals surface area contributed by atoms with Crippen LogP contribution < -0.4 is 0 Å². The molecule has 1 aromatic rings. The molecule has 1 aromatic carbocycles. The summed E-state index contributed by atoms with van der Waals surface area (Å²) >= 11 is 0. The highest BCUT2D eigenvalue weighted by Crippen LogP contribution is 2.13. The molecule has 0 aliphatic carbocycles. The highest BCUT2D eigenvalue weighted by molar-refractivity contribution is 5.13. The quantitative estimate of drug-likeness (QED) is 0.736. The molecule has 3 nitrogen and oxygen atoms in total.